The maximum Gasteiger partial charge on any atom is 0.323 e. The number of aromatic nitrogens is 3. The molecule has 0 aliphatic heterocycles. The van der Waals surface area contributed by atoms with Gasteiger partial charge in [-0.3, -0.25) is 9.89 Å². The number of hydrogen-bond donors (Lipinski definition) is 2. The average Bonchev–Trinajstić information content (AvgIpc) is 2.87. The van der Waals surface area contributed by atoms with E-state index in [1.54, 1.807) is 7.05 Å². The van der Waals surface area contributed by atoms with Gasteiger partial charge in [0.1, 0.15) is 12.4 Å². The van der Waals surface area contributed by atoms with Gasteiger partial charge in [-0.15, -0.1) is 5.10 Å². The third-order valence-corrected chi connectivity index (χ3v) is 2.95. The van der Waals surface area contributed by atoms with Gasteiger partial charge in [-0.25, -0.2) is 0 Å². The number of carbonyl (C=O) groups is 1. The first-order chi connectivity index (χ1) is 7.66. The summed E-state index contributed by atoms with van der Waals surface area (Å²) in [6.07, 6.45) is 4.78. The van der Waals surface area contributed by atoms with Crippen molar-refractivity contribution in [3.05, 3.63) is 5.82 Å². The van der Waals surface area contributed by atoms with Crippen LogP contribution >= 0.6 is 0 Å². The van der Waals surface area contributed by atoms with Crippen LogP contribution < -0.4 is 4.90 Å². The molecule has 0 radical (unpaired) electrons. The van der Waals surface area contributed by atoms with E-state index in [1.807, 2.05) is 0 Å². The summed E-state index contributed by atoms with van der Waals surface area (Å²) in [5.41, 5.74) is 0. The second-order valence-electron chi connectivity index (χ2n) is 4.25. The van der Waals surface area contributed by atoms with Crippen molar-refractivity contribution < 1.29 is 9.90 Å². The Morgan fingerprint density at radius 1 is 1.56 bits per heavy atom. The molecule has 0 saturated heterocycles. The van der Waals surface area contributed by atoms with Gasteiger partial charge in [0.05, 0.1) is 0 Å². The Balaban J connectivity index is 2.03. The molecular weight excluding hydrogens is 208 g/mol. The van der Waals surface area contributed by atoms with Crippen LogP contribution in [0.5, 0.6) is 0 Å². The highest BCUT2D eigenvalue weighted by atomic mass is 16.4. The van der Waals surface area contributed by atoms with Gasteiger partial charge in [0.15, 0.2) is 0 Å². The first-order valence-electron chi connectivity index (χ1n) is 5.52. The minimum atomic E-state index is -0.880. The lowest BCUT2D eigenvalue weighted by Gasteiger charge is -2.10. The highest BCUT2D eigenvalue weighted by Crippen LogP contribution is 2.32. The number of carboxylic acid groups (broad SMARTS) is 1. The zero-order valence-electron chi connectivity index (χ0n) is 9.31. The molecule has 1 aliphatic rings. The third kappa shape index (κ3) is 2.32. The van der Waals surface area contributed by atoms with E-state index in [4.69, 9.17) is 5.11 Å². The van der Waals surface area contributed by atoms with E-state index < -0.39 is 5.97 Å². The van der Waals surface area contributed by atoms with Gasteiger partial charge in [-0.05, 0) is 12.8 Å². The topological polar surface area (TPSA) is 82.1 Å². The molecule has 1 aromatic heterocycles. The second-order valence-corrected chi connectivity index (χ2v) is 4.25. The number of likely N-dealkylation sites (N-methyl/N-ethyl adjacent to an activating group) is 1. The molecule has 16 heavy (non-hydrogen) atoms. The standard InChI is InChI=1S/C10H16N4O2/c1-14(6-8(15)16)10-11-9(12-13-10)7-4-2-3-5-7/h7H,2-6H2,1H3,(H,15,16)(H,11,12,13). The predicted octanol–water partition coefficient (Wildman–Crippen LogP) is 0.983. The molecule has 0 unspecified atom stereocenters. The number of anilines is 1. The summed E-state index contributed by atoms with van der Waals surface area (Å²) in [6.45, 7) is -0.0814. The third-order valence-electron chi connectivity index (χ3n) is 2.95. The minimum Gasteiger partial charge on any atom is -0.480 e. The van der Waals surface area contributed by atoms with E-state index in [0.29, 0.717) is 11.9 Å². The molecule has 88 valence electrons. The van der Waals surface area contributed by atoms with Crippen molar-refractivity contribution in [1.29, 1.82) is 0 Å². The molecule has 6 nitrogen and oxygen atoms in total. The Bertz CT molecular complexity index is 371. The van der Waals surface area contributed by atoms with E-state index in [9.17, 15) is 4.79 Å². The molecule has 1 heterocycles. The zero-order chi connectivity index (χ0) is 11.5. The van der Waals surface area contributed by atoms with Gasteiger partial charge in [-0.2, -0.15) is 4.98 Å². The van der Waals surface area contributed by atoms with Crippen LogP contribution in [0.3, 0.4) is 0 Å². The van der Waals surface area contributed by atoms with E-state index in [2.05, 4.69) is 15.2 Å². The maximum atomic E-state index is 10.5. The quantitative estimate of drug-likeness (QED) is 0.796. The number of carboxylic acids is 1. The molecule has 0 bridgehead atoms. The first kappa shape index (κ1) is 10.9. The fourth-order valence-corrected chi connectivity index (χ4v) is 2.09. The van der Waals surface area contributed by atoms with Crippen LogP contribution in [0.2, 0.25) is 0 Å². The van der Waals surface area contributed by atoms with Crippen molar-refractivity contribution in [3.8, 4) is 0 Å². The Morgan fingerprint density at radius 3 is 2.88 bits per heavy atom. The molecule has 1 aromatic rings. The van der Waals surface area contributed by atoms with Crippen LogP contribution in [-0.4, -0.2) is 39.8 Å². The highest BCUT2D eigenvalue weighted by Gasteiger charge is 2.21. The van der Waals surface area contributed by atoms with E-state index in [1.165, 1.54) is 17.7 Å². The summed E-state index contributed by atoms with van der Waals surface area (Å²) >= 11 is 0. The van der Waals surface area contributed by atoms with Crippen LogP contribution in [0.1, 0.15) is 37.4 Å². The molecule has 0 atom stereocenters. The molecular formula is C10H16N4O2. The summed E-state index contributed by atoms with van der Waals surface area (Å²) in [6, 6.07) is 0. The minimum absolute atomic E-state index is 0.0814. The van der Waals surface area contributed by atoms with Gasteiger partial charge in [0.25, 0.3) is 0 Å². The van der Waals surface area contributed by atoms with Crippen molar-refractivity contribution in [2.45, 2.75) is 31.6 Å². The highest BCUT2D eigenvalue weighted by molar-refractivity contribution is 5.72. The number of H-pyrrole nitrogens is 1. The molecule has 2 rings (SSSR count). The van der Waals surface area contributed by atoms with Crippen molar-refractivity contribution in [1.82, 2.24) is 15.2 Å². The van der Waals surface area contributed by atoms with Crippen LogP contribution in [0.25, 0.3) is 0 Å². The smallest absolute Gasteiger partial charge is 0.323 e. The van der Waals surface area contributed by atoms with Crippen LogP contribution in [0.4, 0.5) is 5.95 Å². The number of aromatic amines is 1. The van der Waals surface area contributed by atoms with Crippen molar-refractivity contribution in [2.24, 2.45) is 0 Å². The largest absolute Gasteiger partial charge is 0.480 e. The second kappa shape index (κ2) is 4.51. The Labute approximate surface area is 93.7 Å². The molecule has 0 spiro atoms. The lowest BCUT2D eigenvalue weighted by Crippen LogP contribution is -2.26. The SMILES string of the molecule is CN(CC(=O)O)c1n[nH]c(C2CCCC2)n1. The summed E-state index contributed by atoms with van der Waals surface area (Å²) in [5, 5.41) is 15.6. The summed E-state index contributed by atoms with van der Waals surface area (Å²) in [4.78, 5) is 16.4. The number of rotatable bonds is 4. The maximum absolute atomic E-state index is 10.5. The molecule has 1 saturated carbocycles. The summed E-state index contributed by atoms with van der Waals surface area (Å²) in [7, 11) is 1.68. The number of hydrogen-bond acceptors (Lipinski definition) is 4. The predicted molar refractivity (Wildman–Crippen MR) is 58.5 cm³/mol. The van der Waals surface area contributed by atoms with Gasteiger partial charge in [-0.1, -0.05) is 12.8 Å². The van der Waals surface area contributed by atoms with Crippen LogP contribution in [0.15, 0.2) is 0 Å². The molecule has 0 aromatic carbocycles. The molecule has 1 aliphatic carbocycles. The molecule has 6 heteroatoms. The van der Waals surface area contributed by atoms with Gasteiger partial charge in [0.2, 0.25) is 5.95 Å². The summed E-state index contributed by atoms with van der Waals surface area (Å²) < 4.78 is 0. The van der Waals surface area contributed by atoms with Gasteiger partial charge < -0.3 is 10.0 Å². The molecule has 2 N–H and O–H groups in total. The van der Waals surface area contributed by atoms with E-state index >= 15 is 0 Å². The van der Waals surface area contributed by atoms with E-state index in [-0.39, 0.29) is 6.54 Å². The van der Waals surface area contributed by atoms with Crippen molar-refractivity contribution in [3.63, 3.8) is 0 Å². The normalized spacial score (nSPS) is 16.6. The average molecular weight is 224 g/mol. The molecule has 1 fully saturated rings. The lowest BCUT2D eigenvalue weighted by molar-refractivity contribution is -0.135. The Kier molecular flexibility index (Phi) is 3.07. The van der Waals surface area contributed by atoms with Crippen LogP contribution in [-0.2, 0) is 4.79 Å². The van der Waals surface area contributed by atoms with Gasteiger partial charge in [0, 0.05) is 13.0 Å². The lowest BCUT2D eigenvalue weighted by atomic mass is 10.1. The fraction of sp³-hybridized carbons (Fsp3) is 0.700. The van der Waals surface area contributed by atoms with Gasteiger partial charge >= 0.3 is 5.97 Å². The van der Waals surface area contributed by atoms with Crippen molar-refractivity contribution in [2.75, 3.05) is 18.5 Å². The Morgan fingerprint density at radius 2 is 2.25 bits per heavy atom. The van der Waals surface area contributed by atoms with Crippen LogP contribution in [0, 0.1) is 0 Å². The monoisotopic (exact) mass is 224 g/mol. The number of aliphatic carboxylic acids is 1. The first-order valence-corrected chi connectivity index (χ1v) is 5.52. The Hall–Kier alpha value is -1.59. The fourth-order valence-electron chi connectivity index (χ4n) is 2.09. The number of nitrogens with zero attached hydrogens (tertiary/aromatic N) is 3. The number of nitrogens with one attached hydrogen (secondary N) is 1. The zero-order valence-corrected chi connectivity index (χ0v) is 9.31. The van der Waals surface area contributed by atoms with Crippen molar-refractivity contribution >= 4 is 11.9 Å². The molecule has 0 amide bonds. The van der Waals surface area contributed by atoms with E-state index in [0.717, 1.165) is 18.7 Å². The summed E-state index contributed by atoms with van der Waals surface area (Å²) in [5.74, 6) is 0.947.